The average Bonchev–Trinajstić information content (AvgIpc) is 3.52. The number of fused-ring (bicyclic) bond motifs is 1. The van der Waals surface area contributed by atoms with Gasteiger partial charge in [0.15, 0.2) is 24.1 Å². The zero-order chi connectivity index (χ0) is 31.1. The van der Waals surface area contributed by atoms with Gasteiger partial charge in [-0.25, -0.2) is 24.5 Å². The lowest BCUT2D eigenvalue weighted by atomic mass is 10.1. The number of carbonyl (C=O) groups excluding carboxylic acids is 4. The highest BCUT2D eigenvalue weighted by atomic mass is 16.7. The molecule has 2 N–H and O–H groups in total. The Bertz CT molecular complexity index is 1490. The van der Waals surface area contributed by atoms with Gasteiger partial charge in [-0.15, -0.1) is 0 Å². The van der Waals surface area contributed by atoms with E-state index < -0.39 is 60.6 Å². The van der Waals surface area contributed by atoms with E-state index in [1.807, 2.05) is 6.07 Å². The van der Waals surface area contributed by atoms with Crippen molar-refractivity contribution in [3.8, 4) is 0 Å². The van der Waals surface area contributed by atoms with Gasteiger partial charge in [0, 0.05) is 27.2 Å². The fourth-order valence-corrected chi connectivity index (χ4v) is 4.45. The standard InChI is InChI=1S/C27H29N5O11/c1-14(33)39-11-20-22(41-15(2)34)23(42-16(3)35)25(43-20)32-13-30-21-18(28-12-29-24(21)32)9-19(26(36)37)31-27(38)40-10-17-7-5-4-6-8-17/h4-8,12-13,19-20,22-23,25H,9-11H2,1-3H3,(H,31,38)(H,36,37)/t19?,20-,22-,23-,25-/m1/s1. The van der Waals surface area contributed by atoms with Gasteiger partial charge in [0.05, 0.1) is 12.0 Å². The van der Waals surface area contributed by atoms with Crippen LogP contribution in [0.2, 0.25) is 0 Å². The third kappa shape index (κ3) is 7.79. The Kier molecular flexibility index (Phi) is 9.82. The summed E-state index contributed by atoms with van der Waals surface area (Å²) in [5.41, 5.74) is 1.23. The van der Waals surface area contributed by atoms with Crippen LogP contribution in [0.25, 0.3) is 11.2 Å². The van der Waals surface area contributed by atoms with E-state index in [-0.39, 0.29) is 36.5 Å². The van der Waals surface area contributed by atoms with Crippen LogP contribution in [-0.2, 0) is 55.9 Å². The van der Waals surface area contributed by atoms with E-state index in [0.29, 0.717) is 0 Å². The molecule has 2 aromatic heterocycles. The minimum Gasteiger partial charge on any atom is -0.480 e. The van der Waals surface area contributed by atoms with Crippen LogP contribution < -0.4 is 5.32 Å². The van der Waals surface area contributed by atoms with Gasteiger partial charge in [0.25, 0.3) is 0 Å². The van der Waals surface area contributed by atoms with Crippen LogP contribution in [0.15, 0.2) is 43.0 Å². The van der Waals surface area contributed by atoms with Crippen molar-refractivity contribution in [2.24, 2.45) is 0 Å². The first-order valence-corrected chi connectivity index (χ1v) is 13.0. The molecule has 16 nitrogen and oxygen atoms in total. The monoisotopic (exact) mass is 599 g/mol. The maximum atomic E-state index is 12.3. The molecule has 1 saturated heterocycles. The van der Waals surface area contributed by atoms with E-state index in [0.717, 1.165) is 25.7 Å². The van der Waals surface area contributed by atoms with E-state index in [4.69, 9.17) is 23.7 Å². The number of nitrogens with zero attached hydrogens (tertiary/aromatic N) is 4. The minimum absolute atomic E-state index is 0.0567. The highest BCUT2D eigenvalue weighted by molar-refractivity contribution is 5.81. The predicted molar refractivity (Wildman–Crippen MR) is 142 cm³/mol. The third-order valence-corrected chi connectivity index (χ3v) is 6.25. The zero-order valence-corrected chi connectivity index (χ0v) is 23.4. The Morgan fingerprint density at radius 1 is 0.953 bits per heavy atom. The summed E-state index contributed by atoms with van der Waals surface area (Å²) < 4.78 is 28.5. The first-order chi connectivity index (χ1) is 20.5. The number of amides is 1. The molecule has 43 heavy (non-hydrogen) atoms. The van der Waals surface area contributed by atoms with Crippen molar-refractivity contribution in [2.75, 3.05) is 6.61 Å². The minimum atomic E-state index is -1.43. The Morgan fingerprint density at radius 2 is 1.65 bits per heavy atom. The molecule has 0 radical (unpaired) electrons. The van der Waals surface area contributed by atoms with Gasteiger partial charge in [0.2, 0.25) is 0 Å². The molecule has 0 aliphatic carbocycles. The van der Waals surface area contributed by atoms with Gasteiger partial charge in [-0.05, 0) is 5.56 Å². The third-order valence-electron chi connectivity index (χ3n) is 6.25. The number of ether oxygens (including phenoxy) is 5. The highest BCUT2D eigenvalue weighted by Gasteiger charge is 2.51. The van der Waals surface area contributed by atoms with Crippen LogP contribution in [-0.4, -0.2) is 85.6 Å². The Balaban J connectivity index is 1.58. The predicted octanol–water partition coefficient (Wildman–Crippen LogP) is 1.07. The molecule has 3 heterocycles. The molecular formula is C27H29N5O11. The lowest BCUT2D eigenvalue weighted by Crippen LogP contribution is -2.42. The second-order valence-corrected chi connectivity index (χ2v) is 9.46. The number of imidazole rings is 1. The molecule has 1 aromatic carbocycles. The maximum Gasteiger partial charge on any atom is 0.408 e. The van der Waals surface area contributed by atoms with Crippen molar-refractivity contribution in [3.63, 3.8) is 0 Å². The average molecular weight is 600 g/mol. The van der Waals surface area contributed by atoms with E-state index in [1.54, 1.807) is 24.3 Å². The van der Waals surface area contributed by atoms with E-state index in [9.17, 15) is 29.1 Å². The first kappa shape index (κ1) is 30.8. The second kappa shape index (κ2) is 13.7. The van der Waals surface area contributed by atoms with Crippen molar-refractivity contribution >= 4 is 41.1 Å². The molecule has 1 fully saturated rings. The van der Waals surface area contributed by atoms with Crippen molar-refractivity contribution in [2.45, 2.75) is 64.4 Å². The number of benzene rings is 1. The molecule has 16 heteroatoms. The number of aliphatic carboxylic acids is 1. The number of esters is 3. The number of rotatable bonds is 11. The number of hydrogen-bond acceptors (Lipinski definition) is 13. The van der Waals surface area contributed by atoms with Gasteiger partial charge < -0.3 is 34.1 Å². The topological polar surface area (TPSA) is 207 Å². The molecular weight excluding hydrogens is 570 g/mol. The number of carboxylic acids is 1. The molecule has 1 unspecified atom stereocenters. The van der Waals surface area contributed by atoms with Crippen molar-refractivity contribution in [3.05, 3.63) is 54.2 Å². The SMILES string of the molecule is CC(=O)OC[C@H]1O[C@@H](n2cnc3c(CC(NC(=O)OCc4ccccc4)C(=O)O)ncnc32)[C@H](OC(C)=O)[C@@H]1OC(C)=O. The molecule has 4 rings (SSSR count). The van der Waals surface area contributed by atoms with Crippen LogP contribution >= 0.6 is 0 Å². The smallest absolute Gasteiger partial charge is 0.408 e. The number of carboxylic acid groups (broad SMARTS) is 1. The highest BCUT2D eigenvalue weighted by Crippen LogP contribution is 2.36. The van der Waals surface area contributed by atoms with Crippen LogP contribution in [0.4, 0.5) is 4.79 Å². The molecule has 3 aromatic rings. The van der Waals surface area contributed by atoms with Crippen LogP contribution in [0.1, 0.15) is 38.3 Å². The number of aromatic nitrogens is 4. The van der Waals surface area contributed by atoms with Gasteiger partial charge in [-0.2, -0.15) is 0 Å². The summed E-state index contributed by atoms with van der Waals surface area (Å²) in [6.07, 6.45) is -3.23. The quantitative estimate of drug-likeness (QED) is 0.234. The second-order valence-electron chi connectivity index (χ2n) is 9.46. The van der Waals surface area contributed by atoms with Crippen molar-refractivity contribution < 1.29 is 52.8 Å². The van der Waals surface area contributed by atoms with Gasteiger partial charge in [-0.3, -0.25) is 19.0 Å². The Morgan fingerprint density at radius 3 is 2.30 bits per heavy atom. The lowest BCUT2D eigenvalue weighted by molar-refractivity contribution is -0.166. The largest absolute Gasteiger partial charge is 0.480 e. The van der Waals surface area contributed by atoms with E-state index >= 15 is 0 Å². The molecule has 0 bridgehead atoms. The van der Waals surface area contributed by atoms with Crippen molar-refractivity contribution in [1.29, 1.82) is 0 Å². The molecule has 228 valence electrons. The fourth-order valence-electron chi connectivity index (χ4n) is 4.45. The first-order valence-electron chi connectivity index (χ1n) is 13.0. The molecule has 1 aliphatic heterocycles. The Labute approximate surface area is 244 Å². The number of hydrogen-bond donors (Lipinski definition) is 2. The van der Waals surface area contributed by atoms with Gasteiger partial charge >= 0.3 is 30.0 Å². The summed E-state index contributed by atoms with van der Waals surface area (Å²) >= 11 is 0. The zero-order valence-electron chi connectivity index (χ0n) is 23.4. The summed E-state index contributed by atoms with van der Waals surface area (Å²) in [5, 5.41) is 12.1. The normalized spacial score (nSPS) is 20.2. The lowest BCUT2D eigenvalue weighted by Gasteiger charge is -2.23. The summed E-state index contributed by atoms with van der Waals surface area (Å²) in [7, 11) is 0. The van der Waals surface area contributed by atoms with E-state index in [2.05, 4.69) is 20.3 Å². The summed E-state index contributed by atoms with van der Waals surface area (Å²) in [5.74, 6) is -3.32. The summed E-state index contributed by atoms with van der Waals surface area (Å²) in [6.45, 7) is 3.16. The van der Waals surface area contributed by atoms with Crippen molar-refractivity contribution in [1.82, 2.24) is 24.8 Å². The van der Waals surface area contributed by atoms with Crippen LogP contribution in [0.5, 0.6) is 0 Å². The summed E-state index contributed by atoms with van der Waals surface area (Å²) in [6, 6.07) is 7.44. The Hall–Kier alpha value is -5.12. The fraction of sp³-hybridized carbons (Fsp3) is 0.407. The molecule has 5 atom stereocenters. The van der Waals surface area contributed by atoms with E-state index in [1.165, 1.54) is 17.8 Å². The van der Waals surface area contributed by atoms with Gasteiger partial charge in [-0.1, -0.05) is 30.3 Å². The van der Waals surface area contributed by atoms with Crippen LogP contribution in [0, 0.1) is 0 Å². The van der Waals surface area contributed by atoms with Crippen LogP contribution in [0.3, 0.4) is 0 Å². The number of carbonyl (C=O) groups is 5. The molecule has 1 aliphatic rings. The molecule has 1 amide bonds. The molecule has 0 spiro atoms. The number of alkyl carbamates (subject to hydrolysis) is 1. The van der Waals surface area contributed by atoms with Gasteiger partial charge in [0.1, 0.15) is 37.2 Å². The molecule has 0 saturated carbocycles. The number of nitrogens with one attached hydrogen (secondary N) is 1. The summed E-state index contributed by atoms with van der Waals surface area (Å²) in [4.78, 5) is 72.3. The maximum absolute atomic E-state index is 12.3.